The number of likely N-dealkylation sites (N-methyl/N-ethyl adjacent to an activating group) is 1. The van der Waals surface area contributed by atoms with Gasteiger partial charge in [-0.3, -0.25) is 4.52 Å². The highest BCUT2D eigenvalue weighted by Crippen LogP contribution is 2.44. The van der Waals surface area contributed by atoms with Crippen LogP contribution < -0.4 is 0 Å². The molecule has 120 valence electrons. The Kier molecular flexibility index (Phi) is 6.06. The number of rotatable bonds is 7. The summed E-state index contributed by atoms with van der Waals surface area (Å²) in [7, 11) is 1.48. The van der Waals surface area contributed by atoms with Gasteiger partial charge in [-0.05, 0) is 6.92 Å². The lowest BCUT2D eigenvalue weighted by Crippen LogP contribution is -2.37. The Labute approximate surface area is 123 Å². The summed E-state index contributed by atoms with van der Waals surface area (Å²) in [4.78, 5) is 24.8. The molecular formula is C11H21N3O6P+. The second-order valence-electron chi connectivity index (χ2n) is 5.34. The predicted molar refractivity (Wildman–Crippen MR) is 73.3 cm³/mol. The Morgan fingerprint density at radius 3 is 2.67 bits per heavy atom. The van der Waals surface area contributed by atoms with Crippen molar-refractivity contribution in [3.8, 4) is 0 Å². The van der Waals surface area contributed by atoms with Gasteiger partial charge in [-0.25, -0.2) is 23.4 Å². The van der Waals surface area contributed by atoms with E-state index in [4.69, 9.17) is 13.8 Å². The van der Waals surface area contributed by atoms with E-state index in [-0.39, 0.29) is 6.61 Å². The molecule has 2 unspecified atom stereocenters. The van der Waals surface area contributed by atoms with Crippen LogP contribution in [0, 0.1) is 0 Å². The number of hydrogen-bond acceptors (Lipinski definition) is 6. The van der Waals surface area contributed by atoms with Crippen molar-refractivity contribution in [3.63, 3.8) is 0 Å². The maximum Gasteiger partial charge on any atom is 0.475 e. The van der Waals surface area contributed by atoms with Crippen LogP contribution in [0.15, 0.2) is 18.7 Å². The number of phosphoric acid groups is 1. The second-order valence-corrected chi connectivity index (χ2v) is 6.75. The molecular weight excluding hydrogens is 301 g/mol. The molecule has 9 nitrogen and oxygen atoms in total. The highest BCUT2D eigenvalue weighted by Gasteiger charge is 2.27. The molecule has 0 aliphatic heterocycles. The van der Waals surface area contributed by atoms with E-state index >= 15 is 0 Å². The van der Waals surface area contributed by atoms with E-state index in [1.807, 2.05) is 21.1 Å². The molecule has 1 N–H and O–H groups in total. The zero-order chi connectivity index (χ0) is 16.1. The quantitative estimate of drug-likeness (QED) is 0.455. The summed E-state index contributed by atoms with van der Waals surface area (Å²) < 4.78 is 27.7. The zero-order valence-electron chi connectivity index (χ0n) is 12.5. The van der Waals surface area contributed by atoms with Gasteiger partial charge in [-0.15, -0.1) is 0 Å². The lowest BCUT2D eigenvalue weighted by molar-refractivity contribution is -0.870. The Hall–Kier alpha value is -1.25. The molecule has 1 rings (SSSR count). The topological polar surface area (TPSA) is 99.9 Å². The van der Waals surface area contributed by atoms with Crippen molar-refractivity contribution in [2.75, 3.05) is 34.3 Å². The molecule has 0 saturated heterocycles. The molecule has 0 radical (unpaired) electrons. The molecule has 1 aromatic heterocycles. The number of quaternary nitrogens is 1. The van der Waals surface area contributed by atoms with Crippen molar-refractivity contribution >= 4 is 13.9 Å². The third kappa shape index (κ3) is 7.35. The molecule has 0 fully saturated rings. The number of phosphoric ester groups is 1. The van der Waals surface area contributed by atoms with Crippen molar-refractivity contribution in [2.24, 2.45) is 0 Å². The highest BCUT2D eigenvalue weighted by atomic mass is 31.2. The van der Waals surface area contributed by atoms with Gasteiger partial charge in [0.15, 0.2) is 0 Å². The van der Waals surface area contributed by atoms with Gasteiger partial charge in [0.1, 0.15) is 19.5 Å². The molecule has 0 aliphatic carbocycles. The Balaban J connectivity index is 2.40. The largest absolute Gasteiger partial charge is 0.475 e. The van der Waals surface area contributed by atoms with Crippen molar-refractivity contribution < 1.29 is 32.5 Å². The van der Waals surface area contributed by atoms with Gasteiger partial charge in [-0.2, -0.15) is 0 Å². The summed E-state index contributed by atoms with van der Waals surface area (Å²) in [5.74, 6) is 0. The number of aromatic nitrogens is 2. The number of carbonyl (C=O) groups is 1. The maximum atomic E-state index is 11.7. The average Bonchev–Trinajstić information content (AvgIpc) is 2.78. The summed E-state index contributed by atoms with van der Waals surface area (Å²) in [6.07, 6.45) is 2.01. The van der Waals surface area contributed by atoms with Crippen LogP contribution in [0.3, 0.4) is 0 Å². The third-order valence-corrected chi connectivity index (χ3v) is 3.35. The van der Waals surface area contributed by atoms with Gasteiger partial charge in [0, 0.05) is 12.4 Å². The fourth-order valence-corrected chi connectivity index (χ4v) is 2.03. The van der Waals surface area contributed by atoms with Gasteiger partial charge in [0.05, 0.1) is 21.1 Å². The molecule has 0 spiro atoms. The first-order valence-electron chi connectivity index (χ1n) is 6.24. The van der Waals surface area contributed by atoms with Crippen LogP contribution in [-0.2, 0) is 18.3 Å². The van der Waals surface area contributed by atoms with E-state index < -0.39 is 20.2 Å². The smallest absolute Gasteiger partial charge is 0.419 e. The fraction of sp³-hybridized carbons (Fsp3) is 0.636. The molecule has 0 aliphatic rings. The standard InChI is InChI=1S/C11H20N3O6P/c1-10(19-11(15)13-6-5-12-9-13)20-21(16,17)18-8-7-14(2,3)4/h5-6,9-10H,7-8H2,1-4H3/p+1. The Morgan fingerprint density at radius 1 is 1.48 bits per heavy atom. The minimum Gasteiger partial charge on any atom is -0.419 e. The lowest BCUT2D eigenvalue weighted by atomic mass is 10.5. The van der Waals surface area contributed by atoms with Gasteiger partial charge in [0.2, 0.25) is 6.29 Å². The maximum absolute atomic E-state index is 11.7. The summed E-state index contributed by atoms with van der Waals surface area (Å²) in [5, 5.41) is 0. The van der Waals surface area contributed by atoms with Gasteiger partial charge in [-0.1, -0.05) is 0 Å². The number of hydrogen-bond donors (Lipinski definition) is 1. The first-order valence-corrected chi connectivity index (χ1v) is 7.74. The summed E-state index contributed by atoms with van der Waals surface area (Å²) in [6.45, 7) is 1.89. The summed E-state index contributed by atoms with van der Waals surface area (Å²) in [6, 6.07) is 0. The van der Waals surface area contributed by atoms with E-state index in [2.05, 4.69) is 4.98 Å². The normalized spacial score (nSPS) is 16.2. The van der Waals surface area contributed by atoms with Crippen molar-refractivity contribution in [1.29, 1.82) is 0 Å². The van der Waals surface area contributed by atoms with Gasteiger partial charge in [0.25, 0.3) is 0 Å². The second kappa shape index (κ2) is 7.15. The molecule has 21 heavy (non-hydrogen) atoms. The van der Waals surface area contributed by atoms with Crippen molar-refractivity contribution in [3.05, 3.63) is 18.7 Å². The summed E-state index contributed by atoms with van der Waals surface area (Å²) >= 11 is 0. The third-order valence-electron chi connectivity index (χ3n) is 2.28. The molecule has 0 amide bonds. The molecule has 1 heterocycles. The lowest BCUT2D eigenvalue weighted by Gasteiger charge is -2.24. The Bertz CT molecular complexity index is 499. The number of ether oxygens (including phenoxy) is 1. The number of carbonyl (C=O) groups excluding carboxylic acids is 1. The molecule has 2 atom stereocenters. The fourth-order valence-electron chi connectivity index (χ4n) is 1.24. The highest BCUT2D eigenvalue weighted by molar-refractivity contribution is 7.47. The minimum atomic E-state index is -4.28. The zero-order valence-corrected chi connectivity index (χ0v) is 13.4. The van der Waals surface area contributed by atoms with E-state index in [9.17, 15) is 14.3 Å². The molecule has 0 aromatic carbocycles. The van der Waals surface area contributed by atoms with Gasteiger partial charge >= 0.3 is 13.9 Å². The van der Waals surface area contributed by atoms with Crippen LogP contribution in [-0.4, -0.2) is 65.6 Å². The molecule has 0 saturated carbocycles. The van der Waals surface area contributed by atoms with Crippen LogP contribution >= 0.6 is 7.82 Å². The first kappa shape index (κ1) is 17.8. The van der Waals surface area contributed by atoms with Crippen LogP contribution in [0.1, 0.15) is 6.92 Å². The SMILES string of the molecule is CC(OC(=O)n1ccnc1)OP(=O)(O)OCC[N+](C)(C)C. The minimum absolute atomic E-state index is 0.0411. The number of nitrogens with zero attached hydrogens (tertiary/aromatic N) is 3. The van der Waals surface area contributed by atoms with Crippen LogP contribution in [0.5, 0.6) is 0 Å². The van der Waals surface area contributed by atoms with E-state index in [1.165, 1.54) is 25.6 Å². The molecule has 1 aromatic rings. The van der Waals surface area contributed by atoms with Crippen LogP contribution in [0.4, 0.5) is 4.79 Å². The molecule has 0 bridgehead atoms. The number of imidazole rings is 1. The monoisotopic (exact) mass is 322 g/mol. The molecule has 10 heteroatoms. The van der Waals surface area contributed by atoms with Gasteiger partial charge < -0.3 is 14.1 Å². The van der Waals surface area contributed by atoms with Crippen LogP contribution in [0.2, 0.25) is 0 Å². The van der Waals surface area contributed by atoms with E-state index in [0.717, 1.165) is 4.57 Å². The van der Waals surface area contributed by atoms with Crippen molar-refractivity contribution in [1.82, 2.24) is 9.55 Å². The van der Waals surface area contributed by atoms with E-state index in [0.29, 0.717) is 11.0 Å². The predicted octanol–water partition coefficient (Wildman–Crippen LogP) is 1.05. The van der Waals surface area contributed by atoms with Crippen LogP contribution in [0.25, 0.3) is 0 Å². The van der Waals surface area contributed by atoms with Crippen molar-refractivity contribution in [2.45, 2.75) is 13.2 Å². The summed E-state index contributed by atoms with van der Waals surface area (Å²) in [5.41, 5.74) is 0. The average molecular weight is 322 g/mol. The Morgan fingerprint density at radius 2 is 2.14 bits per heavy atom. The first-order chi connectivity index (χ1) is 9.59. The van der Waals surface area contributed by atoms with E-state index in [1.54, 1.807) is 0 Å².